The number of methoxy groups -OCH3 is 1. The third-order valence-electron chi connectivity index (χ3n) is 6.53. The van der Waals surface area contributed by atoms with Gasteiger partial charge in [0.2, 0.25) is 0 Å². The van der Waals surface area contributed by atoms with E-state index in [4.69, 9.17) is 9.47 Å². The van der Waals surface area contributed by atoms with Crippen molar-refractivity contribution in [2.45, 2.75) is 26.4 Å². The number of nitrogens with one attached hydrogen (secondary N) is 1. The van der Waals surface area contributed by atoms with Crippen LogP contribution in [-0.2, 0) is 4.74 Å². The average molecular weight is 434 g/mol. The Bertz CT molecular complexity index is 1210. The Kier molecular flexibility index (Phi) is 4.89. The van der Waals surface area contributed by atoms with Crippen molar-refractivity contribution in [1.82, 2.24) is 14.9 Å². The fraction of sp³-hybridized carbons (Fsp3) is 0.375. The number of hydrogen-bond acceptors (Lipinski definition) is 7. The van der Waals surface area contributed by atoms with Crippen LogP contribution in [0, 0.1) is 13.8 Å². The zero-order valence-electron chi connectivity index (χ0n) is 18.8. The van der Waals surface area contributed by atoms with Gasteiger partial charge in [-0.2, -0.15) is 0 Å². The number of aryl methyl sites for hydroxylation is 1. The molecule has 166 valence electrons. The van der Waals surface area contributed by atoms with Crippen LogP contribution in [0.25, 0.3) is 10.9 Å². The molecule has 0 bridgehead atoms. The number of rotatable bonds is 5. The third kappa shape index (κ3) is 3.31. The van der Waals surface area contributed by atoms with Gasteiger partial charge >= 0.3 is 6.09 Å². The van der Waals surface area contributed by atoms with Crippen molar-refractivity contribution in [2.24, 2.45) is 0 Å². The Balaban J connectivity index is 1.54. The number of likely N-dealkylation sites (N-methyl/N-ethyl adjacent to an activating group) is 1. The number of carbonyl (C=O) groups is 1. The Hall–Kier alpha value is -3.39. The maximum atomic E-state index is 12.8. The quantitative estimate of drug-likeness (QED) is 0.651. The minimum atomic E-state index is -0.444. The van der Waals surface area contributed by atoms with Crippen LogP contribution in [0.1, 0.15) is 18.1 Å². The first-order valence-electron chi connectivity index (χ1n) is 10.8. The van der Waals surface area contributed by atoms with Gasteiger partial charge in [-0.25, -0.2) is 14.8 Å². The normalized spacial score (nSPS) is 17.5. The second kappa shape index (κ2) is 7.63. The number of nitrogens with zero attached hydrogens (tertiary/aromatic N) is 4. The molecule has 3 aromatic rings. The highest BCUT2D eigenvalue weighted by atomic mass is 16.6. The first-order valence-corrected chi connectivity index (χ1v) is 10.8. The number of amides is 1. The molecule has 0 radical (unpaired) electrons. The fourth-order valence-electron chi connectivity index (χ4n) is 4.53. The second-order valence-electron chi connectivity index (χ2n) is 8.58. The summed E-state index contributed by atoms with van der Waals surface area (Å²) in [4.78, 5) is 25.7. The lowest BCUT2D eigenvalue weighted by atomic mass is 9.94. The number of ether oxygens (including phenoxy) is 2. The van der Waals surface area contributed by atoms with E-state index in [2.05, 4.69) is 47.0 Å². The molecule has 2 aliphatic rings. The number of anilines is 3. The van der Waals surface area contributed by atoms with Crippen molar-refractivity contribution in [1.29, 1.82) is 0 Å². The number of fused-ring (bicyclic) bond motifs is 1. The Morgan fingerprint density at radius 3 is 2.75 bits per heavy atom. The summed E-state index contributed by atoms with van der Waals surface area (Å²) in [7, 11) is 1.60. The van der Waals surface area contributed by atoms with Crippen LogP contribution in [0.15, 0.2) is 36.7 Å². The van der Waals surface area contributed by atoms with E-state index in [1.807, 2.05) is 24.3 Å². The zero-order valence-corrected chi connectivity index (χ0v) is 18.8. The van der Waals surface area contributed by atoms with E-state index in [9.17, 15) is 4.79 Å². The summed E-state index contributed by atoms with van der Waals surface area (Å²) in [5, 5.41) is 4.25. The van der Waals surface area contributed by atoms with Crippen LogP contribution in [0.3, 0.4) is 0 Å². The van der Waals surface area contributed by atoms with Crippen molar-refractivity contribution in [3.63, 3.8) is 0 Å². The van der Waals surface area contributed by atoms with Gasteiger partial charge < -0.3 is 14.8 Å². The minimum Gasteiger partial charge on any atom is -0.494 e. The van der Waals surface area contributed by atoms with Gasteiger partial charge in [-0.1, -0.05) is 19.1 Å². The number of benzene rings is 2. The molecule has 8 heteroatoms. The highest BCUT2D eigenvalue weighted by molar-refractivity contribution is 6.00. The van der Waals surface area contributed by atoms with Gasteiger partial charge in [0.05, 0.1) is 24.9 Å². The molecule has 0 atom stereocenters. The monoisotopic (exact) mass is 433 g/mol. The van der Waals surface area contributed by atoms with Crippen LogP contribution in [0.4, 0.5) is 22.0 Å². The Labute approximate surface area is 187 Å². The summed E-state index contributed by atoms with van der Waals surface area (Å²) >= 11 is 0. The molecule has 2 aliphatic heterocycles. The first kappa shape index (κ1) is 20.5. The topological polar surface area (TPSA) is 79.8 Å². The summed E-state index contributed by atoms with van der Waals surface area (Å²) in [5.74, 6) is 1.25. The molecule has 1 N–H and O–H groups in total. The maximum Gasteiger partial charge on any atom is 0.415 e. The van der Waals surface area contributed by atoms with Gasteiger partial charge in [0.1, 0.15) is 17.9 Å². The molecule has 0 aliphatic carbocycles. The fourth-order valence-corrected chi connectivity index (χ4v) is 4.53. The largest absolute Gasteiger partial charge is 0.494 e. The van der Waals surface area contributed by atoms with Gasteiger partial charge in [0, 0.05) is 30.2 Å². The average Bonchev–Trinajstić information content (AvgIpc) is 3.12. The van der Waals surface area contributed by atoms with Gasteiger partial charge in [-0.05, 0) is 43.7 Å². The van der Waals surface area contributed by atoms with Crippen molar-refractivity contribution < 1.29 is 14.3 Å². The van der Waals surface area contributed by atoms with Gasteiger partial charge in [0.15, 0.2) is 5.60 Å². The van der Waals surface area contributed by atoms with Crippen LogP contribution >= 0.6 is 0 Å². The molecular weight excluding hydrogens is 406 g/mol. The smallest absolute Gasteiger partial charge is 0.415 e. The molecular formula is C24H27N5O3. The molecule has 2 saturated heterocycles. The molecule has 5 rings (SSSR count). The van der Waals surface area contributed by atoms with E-state index in [1.165, 1.54) is 11.9 Å². The zero-order chi connectivity index (χ0) is 22.5. The number of hydrogen-bond donors (Lipinski definition) is 1. The van der Waals surface area contributed by atoms with Gasteiger partial charge in [0.25, 0.3) is 0 Å². The predicted molar refractivity (Wildman–Crippen MR) is 124 cm³/mol. The Morgan fingerprint density at radius 2 is 2.00 bits per heavy atom. The van der Waals surface area contributed by atoms with E-state index < -0.39 is 5.60 Å². The molecule has 0 unspecified atom stereocenters. The van der Waals surface area contributed by atoms with Gasteiger partial charge in [-0.15, -0.1) is 0 Å². The van der Waals surface area contributed by atoms with E-state index in [-0.39, 0.29) is 6.09 Å². The van der Waals surface area contributed by atoms with E-state index >= 15 is 0 Å². The third-order valence-corrected chi connectivity index (χ3v) is 6.53. The SMILES string of the molecule is CCN1CC2(C1)CN(c1cc3c(Nc4cccc(C)c4C)ncnc3cc1OC)C(=O)O2. The molecule has 1 spiro atoms. The lowest BCUT2D eigenvalue weighted by molar-refractivity contribution is -0.0699. The van der Waals surface area contributed by atoms with Crippen molar-refractivity contribution in [2.75, 3.05) is 43.5 Å². The summed E-state index contributed by atoms with van der Waals surface area (Å²) in [5.41, 5.74) is 4.29. The Morgan fingerprint density at radius 1 is 1.19 bits per heavy atom. The van der Waals surface area contributed by atoms with E-state index in [1.54, 1.807) is 12.0 Å². The summed E-state index contributed by atoms with van der Waals surface area (Å²) in [6, 6.07) is 9.88. The molecule has 2 fully saturated rings. The van der Waals surface area contributed by atoms with Gasteiger partial charge in [-0.3, -0.25) is 9.80 Å². The van der Waals surface area contributed by atoms with Crippen LogP contribution in [-0.4, -0.2) is 59.9 Å². The molecule has 8 nitrogen and oxygen atoms in total. The molecule has 0 saturated carbocycles. The number of carbonyl (C=O) groups excluding carboxylic acids is 1. The number of likely N-dealkylation sites (tertiary alicyclic amines) is 1. The summed E-state index contributed by atoms with van der Waals surface area (Å²) in [6.07, 6.45) is 1.18. The summed E-state index contributed by atoms with van der Waals surface area (Å²) < 4.78 is 11.4. The molecule has 2 aromatic carbocycles. The minimum absolute atomic E-state index is 0.348. The molecule has 3 heterocycles. The van der Waals surface area contributed by atoms with Crippen molar-refractivity contribution >= 4 is 34.2 Å². The standard InChI is InChI=1S/C24H27N5O3/c1-5-28-11-24(12-28)13-29(23(30)32-24)20-9-17-19(10-21(20)31-4)25-14-26-22(17)27-18-8-6-7-15(2)16(18)3/h6-10,14H,5,11-13H2,1-4H3,(H,25,26,27). The van der Waals surface area contributed by atoms with Crippen LogP contribution in [0.5, 0.6) is 5.75 Å². The number of aromatic nitrogens is 2. The summed E-state index contributed by atoms with van der Waals surface area (Å²) in [6.45, 7) is 9.22. The lowest BCUT2D eigenvalue weighted by Crippen LogP contribution is -2.63. The molecule has 32 heavy (non-hydrogen) atoms. The molecule has 1 aromatic heterocycles. The van der Waals surface area contributed by atoms with E-state index in [0.29, 0.717) is 23.8 Å². The molecule has 1 amide bonds. The predicted octanol–water partition coefficient (Wildman–Crippen LogP) is 4.03. The van der Waals surface area contributed by atoms with Crippen LogP contribution < -0.4 is 15.0 Å². The second-order valence-corrected chi connectivity index (χ2v) is 8.58. The van der Waals surface area contributed by atoms with Crippen LogP contribution in [0.2, 0.25) is 0 Å². The van der Waals surface area contributed by atoms with Crippen molar-refractivity contribution in [3.8, 4) is 5.75 Å². The van der Waals surface area contributed by atoms with Crippen molar-refractivity contribution in [3.05, 3.63) is 47.8 Å². The maximum absolute atomic E-state index is 12.8. The highest BCUT2D eigenvalue weighted by Gasteiger charge is 2.53. The first-order chi connectivity index (χ1) is 15.4. The van der Waals surface area contributed by atoms with E-state index in [0.717, 1.165) is 41.8 Å². The highest BCUT2D eigenvalue weighted by Crippen LogP contribution is 2.41. The lowest BCUT2D eigenvalue weighted by Gasteiger charge is -2.45.